The molecule has 0 spiro atoms. The number of nitrogens with two attached hydrogens (primary N) is 1. The predicted octanol–water partition coefficient (Wildman–Crippen LogP) is 2.63. The molecule has 0 amide bonds. The van der Waals surface area contributed by atoms with Crippen LogP contribution in [-0.2, 0) is 0 Å². The van der Waals surface area contributed by atoms with Gasteiger partial charge >= 0.3 is 0 Å². The molecule has 2 N–H and O–H groups in total. The Kier molecular flexibility index (Phi) is 6.26. The minimum absolute atomic E-state index is 0.759. The molecule has 0 aromatic heterocycles. The highest BCUT2D eigenvalue weighted by molar-refractivity contribution is 4.78. The molecule has 2 nitrogen and oxygen atoms in total. The molecular formula is C13H28N2. The van der Waals surface area contributed by atoms with Gasteiger partial charge in [0.25, 0.3) is 0 Å². The molecule has 2 unspecified atom stereocenters. The molecule has 90 valence electrons. The number of hydrogen-bond donors (Lipinski definition) is 1. The Morgan fingerprint density at radius 3 is 2.80 bits per heavy atom. The van der Waals surface area contributed by atoms with E-state index in [2.05, 4.69) is 18.7 Å². The largest absolute Gasteiger partial charge is 0.330 e. The first-order valence-electron chi connectivity index (χ1n) is 6.75. The van der Waals surface area contributed by atoms with Crippen molar-refractivity contribution in [1.29, 1.82) is 0 Å². The van der Waals surface area contributed by atoms with E-state index < -0.39 is 0 Å². The summed E-state index contributed by atoms with van der Waals surface area (Å²) in [4.78, 5) is 2.69. The molecule has 1 aliphatic heterocycles. The van der Waals surface area contributed by atoms with Crippen molar-refractivity contribution >= 4 is 0 Å². The van der Waals surface area contributed by atoms with Crippen LogP contribution in [0.2, 0.25) is 0 Å². The van der Waals surface area contributed by atoms with Gasteiger partial charge in [-0.05, 0) is 44.7 Å². The molecule has 1 fully saturated rings. The molecule has 1 saturated heterocycles. The van der Waals surface area contributed by atoms with Gasteiger partial charge in [0.2, 0.25) is 0 Å². The van der Waals surface area contributed by atoms with Crippen LogP contribution in [0.5, 0.6) is 0 Å². The molecule has 0 aromatic carbocycles. The topological polar surface area (TPSA) is 29.3 Å². The average molecular weight is 212 g/mol. The summed E-state index contributed by atoms with van der Waals surface area (Å²) in [6.07, 6.45) is 8.08. The van der Waals surface area contributed by atoms with Crippen molar-refractivity contribution in [2.45, 2.75) is 58.4 Å². The van der Waals surface area contributed by atoms with Gasteiger partial charge in [-0.3, -0.25) is 0 Å². The van der Waals surface area contributed by atoms with E-state index >= 15 is 0 Å². The van der Waals surface area contributed by atoms with Crippen molar-refractivity contribution in [3.05, 3.63) is 0 Å². The van der Waals surface area contributed by atoms with Gasteiger partial charge in [0.15, 0.2) is 0 Å². The smallest absolute Gasteiger partial charge is 0.00927 e. The third-order valence-electron chi connectivity index (χ3n) is 3.76. The second-order valence-corrected chi connectivity index (χ2v) is 4.94. The first-order chi connectivity index (χ1) is 7.31. The van der Waals surface area contributed by atoms with Crippen LogP contribution in [0.1, 0.15) is 52.4 Å². The molecule has 2 heteroatoms. The highest BCUT2D eigenvalue weighted by Gasteiger charge is 2.23. The van der Waals surface area contributed by atoms with Crippen LogP contribution in [0, 0.1) is 5.92 Å². The van der Waals surface area contributed by atoms with Gasteiger partial charge in [0.05, 0.1) is 0 Å². The fourth-order valence-corrected chi connectivity index (χ4v) is 2.71. The number of hydrogen-bond acceptors (Lipinski definition) is 2. The van der Waals surface area contributed by atoms with Crippen LogP contribution in [-0.4, -0.2) is 30.6 Å². The monoisotopic (exact) mass is 212 g/mol. The standard InChI is InChI=1S/C13H28N2/c1-3-5-8-13(4-2)15-9-6-7-12(10-14)11-15/h12-13H,3-11,14H2,1-2H3. The Bertz CT molecular complexity index is 159. The van der Waals surface area contributed by atoms with Crippen molar-refractivity contribution in [3.63, 3.8) is 0 Å². The van der Waals surface area contributed by atoms with Gasteiger partial charge < -0.3 is 10.6 Å². The van der Waals surface area contributed by atoms with Crippen molar-refractivity contribution in [3.8, 4) is 0 Å². The summed E-state index contributed by atoms with van der Waals surface area (Å²) in [5, 5.41) is 0. The molecule has 1 rings (SSSR count). The van der Waals surface area contributed by atoms with E-state index in [1.165, 1.54) is 51.6 Å². The lowest BCUT2D eigenvalue weighted by molar-refractivity contribution is 0.115. The summed E-state index contributed by atoms with van der Waals surface area (Å²) in [6.45, 7) is 8.04. The van der Waals surface area contributed by atoms with E-state index in [1.807, 2.05) is 0 Å². The Morgan fingerprint density at radius 2 is 2.20 bits per heavy atom. The summed E-state index contributed by atoms with van der Waals surface area (Å²) in [7, 11) is 0. The van der Waals surface area contributed by atoms with Crippen LogP contribution in [0.15, 0.2) is 0 Å². The number of nitrogens with zero attached hydrogens (tertiary/aromatic N) is 1. The maximum Gasteiger partial charge on any atom is 0.00927 e. The van der Waals surface area contributed by atoms with Crippen molar-refractivity contribution in [1.82, 2.24) is 4.90 Å². The number of rotatable bonds is 6. The first-order valence-corrected chi connectivity index (χ1v) is 6.75. The molecule has 0 saturated carbocycles. The van der Waals surface area contributed by atoms with Crippen LogP contribution in [0.25, 0.3) is 0 Å². The lowest BCUT2D eigenvalue weighted by Crippen LogP contribution is -2.44. The van der Waals surface area contributed by atoms with Gasteiger partial charge in [-0.25, -0.2) is 0 Å². The summed E-state index contributed by atoms with van der Waals surface area (Å²) in [6, 6.07) is 0.819. The Balaban J connectivity index is 2.37. The van der Waals surface area contributed by atoms with Gasteiger partial charge in [0, 0.05) is 12.6 Å². The summed E-state index contributed by atoms with van der Waals surface area (Å²) in [5.74, 6) is 0.759. The Hall–Kier alpha value is -0.0800. The van der Waals surface area contributed by atoms with E-state index in [4.69, 9.17) is 5.73 Å². The summed E-state index contributed by atoms with van der Waals surface area (Å²) < 4.78 is 0. The van der Waals surface area contributed by atoms with Gasteiger partial charge in [-0.15, -0.1) is 0 Å². The fourth-order valence-electron chi connectivity index (χ4n) is 2.71. The minimum atomic E-state index is 0.759. The van der Waals surface area contributed by atoms with Crippen LogP contribution in [0.4, 0.5) is 0 Å². The van der Waals surface area contributed by atoms with Crippen LogP contribution >= 0.6 is 0 Å². The van der Waals surface area contributed by atoms with E-state index in [9.17, 15) is 0 Å². The average Bonchev–Trinajstić information content (AvgIpc) is 2.30. The molecular weight excluding hydrogens is 184 g/mol. The number of likely N-dealkylation sites (tertiary alicyclic amines) is 1. The molecule has 0 bridgehead atoms. The third-order valence-corrected chi connectivity index (χ3v) is 3.76. The molecule has 0 aliphatic carbocycles. The van der Waals surface area contributed by atoms with E-state index in [1.54, 1.807) is 0 Å². The number of piperidine rings is 1. The van der Waals surface area contributed by atoms with Crippen molar-refractivity contribution < 1.29 is 0 Å². The molecule has 1 heterocycles. The molecule has 15 heavy (non-hydrogen) atoms. The van der Waals surface area contributed by atoms with Gasteiger partial charge in [-0.1, -0.05) is 26.7 Å². The fraction of sp³-hybridized carbons (Fsp3) is 1.00. The zero-order chi connectivity index (χ0) is 11.1. The quantitative estimate of drug-likeness (QED) is 0.733. The van der Waals surface area contributed by atoms with Crippen LogP contribution < -0.4 is 5.73 Å². The van der Waals surface area contributed by atoms with Gasteiger partial charge in [0.1, 0.15) is 0 Å². The van der Waals surface area contributed by atoms with E-state index in [0.717, 1.165) is 18.5 Å². The van der Waals surface area contributed by atoms with Crippen molar-refractivity contribution in [2.75, 3.05) is 19.6 Å². The number of unbranched alkanes of at least 4 members (excludes halogenated alkanes) is 1. The molecule has 0 aromatic rings. The highest BCUT2D eigenvalue weighted by atomic mass is 15.2. The first kappa shape index (κ1) is 13.0. The Labute approximate surface area is 95.2 Å². The highest BCUT2D eigenvalue weighted by Crippen LogP contribution is 2.21. The minimum Gasteiger partial charge on any atom is -0.330 e. The lowest BCUT2D eigenvalue weighted by atomic mass is 9.95. The summed E-state index contributed by atoms with van der Waals surface area (Å²) >= 11 is 0. The van der Waals surface area contributed by atoms with Crippen LogP contribution in [0.3, 0.4) is 0 Å². The normalized spacial score (nSPS) is 25.4. The molecule has 0 radical (unpaired) electrons. The van der Waals surface area contributed by atoms with Crippen molar-refractivity contribution in [2.24, 2.45) is 11.7 Å². The third kappa shape index (κ3) is 4.12. The maximum atomic E-state index is 5.78. The SMILES string of the molecule is CCCCC(CC)N1CCCC(CN)C1. The zero-order valence-electron chi connectivity index (χ0n) is 10.5. The lowest BCUT2D eigenvalue weighted by Gasteiger charge is -2.37. The second-order valence-electron chi connectivity index (χ2n) is 4.94. The summed E-state index contributed by atoms with van der Waals surface area (Å²) in [5.41, 5.74) is 5.78. The van der Waals surface area contributed by atoms with E-state index in [-0.39, 0.29) is 0 Å². The predicted molar refractivity (Wildman–Crippen MR) is 67.0 cm³/mol. The Morgan fingerprint density at radius 1 is 1.40 bits per heavy atom. The zero-order valence-corrected chi connectivity index (χ0v) is 10.5. The maximum absolute atomic E-state index is 5.78. The second kappa shape index (κ2) is 7.24. The van der Waals surface area contributed by atoms with Gasteiger partial charge in [-0.2, -0.15) is 0 Å². The molecule has 2 atom stereocenters. The van der Waals surface area contributed by atoms with E-state index in [0.29, 0.717) is 0 Å². The molecule has 1 aliphatic rings.